The van der Waals surface area contributed by atoms with Crippen LogP contribution < -0.4 is 5.73 Å². The van der Waals surface area contributed by atoms with Gasteiger partial charge in [-0.3, -0.25) is 4.90 Å². The molecule has 0 saturated carbocycles. The standard InChI is InChI=1S/C10H15N3O.ClH/c11-10-2-1-9(7-12-10)8-13-3-5-14-6-4-13;/h1-2,7H,3-6,8H2,(H2,11,12);1H. The molecule has 0 aliphatic carbocycles. The van der Waals surface area contributed by atoms with Crippen LogP contribution in [0.25, 0.3) is 0 Å². The van der Waals surface area contributed by atoms with Gasteiger partial charge in [-0.15, -0.1) is 12.4 Å². The van der Waals surface area contributed by atoms with Crippen LogP contribution >= 0.6 is 12.4 Å². The normalized spacial score (nSPS) is 17.1. The van der Waals surface area contributed by atoms with E-state index >= 15 is 0 Å². The lowest BCUT2D eigenvalue weighted by atomic mass is 10.2. The molecule has 1 aromatic rings. The van der Waals surface area contributed by atoms with Gasteiger partial charge in [0.2, 0.25) is 0 Å². The quantitative estimate of drug-likeness (QED) is 0.820. The molecule has 0 spiro atoms. The van der Waals surface area contributed by atoms with E-state index < -0.39 is 0 Å². The number of rotatable bonds is 2. The minimum Gasteiger partial charge on any atom is -0.384 e. The van der Waals surface area contributed by atoms with Gasteiger partial charge in [-0.2, -0.15) is 0 Å². The predicted molar refractivity (Wildman–Crippen MR) is 62.0 cm³/mol. The zero-order valence-corrected chi connectivity index (χ0v) is 9.37. The highest BCUT2D eigenvalue weighted by Gasteiger charge is 2.10. The average Bonchev–Trinajstić information content (AvgIpc) is 2.23. The summed E-state index contributed by atoms with van der Waals surface area (Å²) in [7, 11) is 0. The van der Waals surface area contributed by atoms with E-state index in [-0.39, 0.29) is 12.4 Å². The van der Waals surface area contributed by atoms with Crippen LogP contribution in [0.3, 0.4) is 0 Å². The zero-order chi connectivity index (χ0) is 9.80. The van der Waals surface area contributed by atoms with Crippen molar-refractivity contribution in [3.63, 3.8) is 0 Å². The highest BCUT2D eigenvalue weighted by atomic mass is 35.5. The molecule has 1 aromatic heterocycles. The van der Waals surface area contributed by atoms with Crippen LogP contribution in [0.4, 0.5) is 5.82 Å². The van der Waals surface area contributed by atoms with Crippen molar-refractivity contribution in [1.82, 2.24) is 9.88 Å². The summed E-state index contributed by atoms with van der Waals surface area (Å²) < 4.78 is 5.28. The lowest BCUT2D eigenvalue weighted by Crippen LogP contribution is -2.35. The van der Waals surface area contributed by atoms with Crippen LogP contribution in [-0.4, -0.2) is 36.2 Å². The van der Waals surface area contributed by atoms with E-state index in [0.29, 0.717) is 5.82 Å². The predicted octanol–water partition coefficient (Wildman–Crippen LogP) is 0.918. The maximum Gasteiger partial charge on any atom is 0.123 e. The van der Waals surface area contributed by atoms with E-state index in [4.69, 9.17) is 10.5 Å². The fraction of sp³-hybridized carbons (Fsp3) is 0.500. The van der Waals surface area contributed by atoms with E-state index in [0.717, 1.165) is 32.8 Å². The molecule has 1 fully saturated rings. The second-order valence-corrected chi connectivity index (χ2v) is 3.48. The molecule has 1 saturated heterocycles. The van der Waals surface area contributed by atoms with Crippen molar-refractivity contribution < 1.29 is 4.74 Å². The van der Waals surface area contributed by atoms with Crippen molar-refractivity contribution in [2.45, 2.75) is 6.54 Å². The van der Waals surface area contributed by atoms with Gasteiger partial charge in [0.1, 0.15) is 5.82 Å². The number of aromatic nitrogens is 1. The molecule has 0 amide bonds. The molecule has 4 nitrogen and oxygen atoms in total. The molecule has 0 unspecified atom stereocenters. The molecule has 0 aromatic carbocycles. The first kappa shape index (κ1) is 12.2. The number of hydrogen-bond acceptors (Lipinski definition) is 4. The van der Waals surface area contributed by atoms with Crippen LogP contribution in [0.1, 0.15) is 5.56 Å². The summed E-state index contributed by atoms with van der Waals surface area (Å²) in [6, 6.07) is 3.87. The third kappa shape index (κ3) is 3.66. The average molecular weight is 230 g/mol. The number of ether oxygens (including phenoxy) is 1. The second kappa shape index (κ2) is 5.90. The van der Waals surface area contributed by atoms with Gasteiger partial charge >= 0.3 is 0 Å². The molecular weight excluding hydrogens is 214 g/mol. The molecule has 1 aliphatic rings. The number of anilines is 1. The molecule has 2 rings (SSSR count). The lowest BCUT2D eigenvalue weighted by molar-refractivity contribution is 0.0341. The van der Waals surface area contributed by atoms with E-state index in [9.17, 15) is 0 Å². The Hall–Kier alpha value is -0.840. The van der Waals surface area contributed by atoms with Gasteiger partial charge < -0.3 is 10.5 Å². The molecule has 5 heteroatoms. The maximum absolute atomic E-state index is 5.52. The molecule has 0 atom stereocenters. The van der Waals surface area contributed by atoms with Gasteiger partial charge in [-0.1, -0.05) is 6.07 Å². The first-order chi connectivity index (χ1) is 6.84. The summed E-state index contributed by atoms with van der Waals surface area (Å²) in [6.45, 7) is 4.62. The van der Waals surface area contributed by atoms with Crippen molar-refractivity contribution in [2.24, 2.45) is 0 Å². The van der Waals surface area contributed by atoms with E-state index in [1.807, 2.05) is 18.3 Å². The first-order valence-electron chi connectivity index (χ1n) is 4.85. The third-order valence-corrected chi connectivity index (χ3v) is 2.36. The fourth-order valence-electron chi connectivity index (χ4n) is 1.55. The van der Waals surface area contributed by atoms with E-state index in [1.165, 1.54) is 5.56 Å². The van der Waals surface area contributed by atoms with E-state index in [2.05, 4.69) is 9.88 Å². The van der Waals surface area contributed by atoms with Crippen LogP contribution in [0.5, 0.6) is 0 Å². The van der Waals surface area contributed by atoms with Crippen LogP contribution in [0.2, 0.25) is 0 Å². The number of halogens is 1. The minimum absolute atomic E-state index is 0. The molecule has 84 valence electrons. The maximum atomic E-state index is 5.52. The number of nitrogen functional groups attached to an aromatic ring is 1. The van der Waals surface area contributed by atoms with Crippen molar-refractivity contribution in [3.8, 4) is 0 Å². The Bertz CT molecular complexity index is 285. The Morgan fingerprint density at radius 3 is 2.67 bits per heavy atom. The van der Waals surface area contributed by atoms with Gasteiger partial charge in [0, 0.05) is 25.8 Å². The summed E-state index contributed by atoms with van der Waals surface area (Å²) >= 11 is 0. The van der Waals surface area contributed by atoms with Gasteiger partial charge in [-0.25, -0.2) is 4.98 Å². The number of pyridine rings is 1. The van der Waals surface area contributed by atoms with Crippen molar-refractivity contribution in [3.05, 3.63) is 23.9 Å². The Morgan fingerprint density at radius 2 is 2.07 bits per heavy atom. The summed E-state index contributed by atoms with van der Waals surface area (Å²) in [4.78, 5) is 6.42. The highest BCUT2D eigenvalue weighted by Crippen LogP contribution is 2.07. The first-order valence-corrected chi connectivity index (χ1v) is 4.85. The largest absolute Gasteiger partial charge is 0.384 e. The smallest absolute Gasteiger partial charge is 0.123 e. The molecule has 15 heavy (non-hydrogen) atoms. The highest BCUT2D eigenvalue weighted by molar-refractivity contribution is 5.85. The van der Waals surface area contributed by atoms with Gasteiger partial charge in [0.25, 0.3) is 0 Å². The summed E-state index contributed by atoms with van der Waals surface area (Å²) in [5.74, 6) is 0.579. The Labute approximate surface area is 95.8 Å². The zero-order valence-electron chi connectivity index (χ0n) is 8.56. The topological polar surface area (TPSA) is 51.4 Å². The number of hydrogen-bond donors (Lipinski definition) is 1. The van der Waals surface area contributed by atoms with Crippen molar-refractivity contribution >= 4 is 18.2 Å². The third-order valence-electron chi connectivity index (χ3n) is 2.36. The Morgan fingerprint density at radius 1 is 1.33 bits per heavy atom. The van der Waals surface area contributed by atoms with E-state index in [1.54, 1.807) is 0 Å². The van der Waals surface area contributed by atoms with Gasteiger partial charge in [0.05, 0.1) is 13.2 Å². The second-order valence-electron chi connectivity index (χ2n) is 3.48. The molecular formula is C10H16ClN3O. The van der Waals surface area contributed by atoms with Crippen molar-refractivity contribution in [2.75, 3.05) is 32.0 Å². The molecule has 1 aliphatic heterocycles. The Balaban J connectivity index is 0.00000112. The number of morpholine rings is 1. The summed E-state index contributed by atoms with van der Waals surface area (Å²) in [6.07, 6.45) is 1.84. The summed E-state index contributed by atoms with van der Waals surface area (Å²) in [5.41, 5.74) is 6.72. The SMILES string of the molecule is Cl.Nc1ccc(CN2CCOCC2)cn1. The number of nitrogens with zero attached hydrogens (tertiary/aromatic N) is 2. The number of nitrogens with two attached hydrogens (primary N) is 1. The minimum atomic E-state index is 0. The van der Waals surface area contributed by atoms with Gasteiger partial charge in [-0.05, 0) is 11.6 Å². The van der Waals surface area contributed by atoms with Crippen LogP contribution in [-0.2, 0) is 11.3 Å². The van der Waals surface area contributed by atoms with Gasteiger partial charge in [0.15, 0.2) is 0 Å². The molecule has 2 heterocycles. The van der Waals surface area contributed by atoms with Crippen molar-refractivity contribution in [1.29, 1.82) is 0 Å². The van der Waals surface area contributed by atoms with Crippen LogP contribution in [0, 0.1) is 0 Å². The Kier molecular flexibility index (Phi) is 4.81. The molecule has 0 radical (unpaired) electrons. The summed E-state index contributed by atoms with van der Waals surface area (Å²) in [5, 5.41) is 0. The monoisotopic (exact) mass is 229 g/mol. The van der Waals surface area contributed by atoms with Crippen LogP contribution in [0.15, 0.2) is 18.3 Å². The molecule has 2 N–H and O–H groups in total. The molecule has 0 bridgehead atoms. The fourth-order valence-corrected chi connectivity index (χ4v) is 1.55. The lowest BCUT2D eigenvalue weighted by Gasteiger charge is -2.26.